The first kappa shape index (κ1) is 17.5. The number of aliphatic hydroxyl groups is 1. The molecule has 0 spiro atoms. The summed E-state index contributed by atoms with van der Waals surface area (Å²) < 4.78 is 27.3. The third-order valence-corrected chi connectivity index (χ3v) is 4.32. The van der Waals surface area contributed by atoms with E-state index in [9.17, 15) is 9.90 Å². The Morgan fingerprint density at radius 3 is 2.67 bits per heavy atom. The fourth-order valence-corrected chi connectivity index (χ4v) is 2.82. The summed E-state index contributed by atoms with van der Waals surface area (Å²) in [5, 5.41) is 22.3. The molecule has 9 nitrogen and oxygen atoms in total. The van der Waals surface area contributed by atoms with E-state index in [0.717, 1.165) is 0 Å². The van der Waals surface area contributed by atoms with E-state index in [-0.39, 0.29) is 16.5 Å². The molecule has 0 aliphatic heterocycles. The largest absolute Gasteiger partial charge is 0.494 e. The number of amides is 1. The molecule has 10 heteroatoms. The van der Waals surface area contributed by atoms with Gasteiger partial charge < -0.3 is 20.5 Å². The smallest absolute Gasteiger partial charge is 0.273 e. The Labute approximate surface area is 182 Å². The highest BCUT2D eigenvalue weighted by Gasteiger charge is 2.20. The average Bonchev–Trinajstić information content (AvgIpc) is 2.72. The van der Waals surface area contributed by atoms with Gasteiger partial charge in [0, 0.05) is 22.7 Å². The number of benzene rings is 1. The van der Waals surface area contributed by atoms with E-state index in [1.54, 1.807) is 32.0 Å². The molecule has 3 N–H and O–H groups in total. The summed E-state index contributed by atoms with van der Waals surface area (Å²) in [6, 6.07) is 6.51. The molecule has 0 radical (unpaired) electrons. The number of carbonyl (C=O) groups is 1. The van der Waals surface area contributed by atoms with Gasteiger partial charge in [0.1, 0.15) is 5.60 Å². The monoisotopic (exact) mass is 431 g/mol. The SMILES string of the molecule is [2H]C([2H])([2H])NC(=O)c1nnc(Cl)cc1Nc1cccc(-c2cnc(C(C)(C)O)cn2)c1OC. The quantitative estimate of drug-likeness (QED) is 0.544. The number of halogens is 1. The molecule has 3 aromatic rings. The first-order valence-corrected chi connectivity index (χ1v) is 9.12. The number of hydrogen-bond acceptors (Lipinski definition) is 8. The second kappa shape index (κ2) is 8.60. The third-order valence-electron chi connectivity index (χ3n) is 4.14. The molecule has 1 aromatic carbocycles. The van der Waals surface area contributed by atoms with Gasteiger partial charge in [-0.2, -0.15) is 0 Å². The van der Waals surface area contributed by atoms with Gasteiger partial charge in [-0.05, 0) is 26.0 Å². The zero-order valence-electron chi connectivity index (χ0n) is 19.4. The van der Waals surface area contributed by atoms with Crippen molar-refractivity contribution in [2.75, 3.05) is 19.4 Å². The van der Waals surface area contributed by atoms with Crippen molar-refractivity contribution in [2.45, 2.75) is 19.4 Å². The Morgan fingerprint density at radius 2 is 2.03 bits per heavy atom. The van der Waals surface area contributed by atoms with Gasteiger partial charge in [0.25, 0.3) is 5.91 Å². The average molecular weight is 432 g/mol. The summed E-state index contributed by atoms with van der Waals surface area (Å²) in [7, 11) is 1.46. The zero-order chi connectivity index (χ0) is 24.4. The maximum atomic E-state index is 12.4. The molecule has 156 valence electrons. The molecule has 2 aromatic heterocycles. The van der Waals surface area contributed by atoms with E-state index in [1.807, 2.05) is 5.32 Å². The number of ether oxygens (including phenoxy) is 1. The summed E-state index contributed by atoms with van der Waals surface area (Å²) in [6.07, 6.45) is 2.98. The van der Waals surface area contributed by atoms with Crippen LogP contribution < -0.4 is 15.4 Å². The number of para-hydroxylation sites is 1. The van der Waals surface area contributed by atoms with Crippen molar-refractivity contribution in [2.24, 2.45) is 0 Å². The lowest BCUT2D eigenvalue weighted by Gasteiger charge is -2.18. The van der Waals surface area contributed by atoms with Crippen LogP contribution in [0.5, 0.6) is 5.75 Å². The molecule has 0 saturated carbocycles. The lowest BCUT2D eigenvalue weighted by Crippen LogP contribution is -2.21. The van der Waals surface area contributed by atoms with Crippen LogP contribution in [-0.4, -0.2) is 45.3 Å². The van der Waals surface area contributed by atoms with Crippen LogP contribution in [0.1, 0.15) is 34.1 Å². The second-order valence-corrected chi connectivity index (χ2v) is 7.13. The molecule has 0 fully saturated rings. The standard InChI is InChI=1S/C20H21ClN6O3/c1-20(2,29)15-10-23-14(9-24-15)11-6-5-7-12(18(11)30-4)25-13-8-16(21)26-27-17(13)19(28)22-3/h5-10,29H,1-4H3,(H,22,28)(H,25,26)/i3D3. The predicted molar refractivity (Wildman–Crippen MR) is 113 cm³/mol. The van der Waals surface area contributed by atoms with Crippen molar-refractivity contribution < 1.29 is 18.8 Å². The molecule has 0 atom stereocenters. The Morgan fingerprint density at radius 1 is 1.23 bits per heavy atom. The van der Waals surface area contributed by atoms with Crippen LogP contribution in [0.15, 0.2) is 36.7 Å². The number of anilines is 2. The summed E-state index contributed by atoms with van der Waals surface area (Å²) in [4.78, 5) is 21.1. The Bertz CT molecular complexity index is 1170. The highest BCUT2D eigenvalue weighted by molar-refractivity contribution is 6.29. The number of carbonyl (C=O) groups excluding carboxylic acids is 1. The minimum Gasteiger partial charge on any atom is -0.494 e. The Balaban J connectivity index is 2.01. The highest BCUT2D eigenvalue weighted by atomic mass is 35.5. The van der Waals surface area contributed by atoms with Crippen LogP contribution in [0, 0.1) is 0 Å². The predicted octanol–water partition coefficient (Wildman–Crippen LogP) is 2.93. The lowest BCUT2D eigenvalue weighted by molar-refractivity contribution is 0.0734. The van der Waals surface area contributed by atoms with Crippen molar-refractivity contribution in [1.82, 2.24) is 25.5 Å². The molecule has 30 heavy (non-hydrogen) atoms. The lowest BCUT2D eigenvalue weighted by atomic mass is 10.1. The summed E-state index contributed by atoms with van der Waals surface area (Å²) in [5.41, 5.74) is 0.608. The molecule has 0 aliphatic rings. The molecule has 1 amide bonds. The van der Waals surface area contributed by atoms with Gasteiger partial charge in [-0.3, -0.25) is 14.8 Å². The van der Waals surface area contributed by atoms with Crippen molar-refractivity contribution in [3.63, 3.8) is 0 Å². The third kappa shape index (κ3) is 4.47. The number of rotatable bonds is 6. The van der Waals surface area contributed by atoms with Gasteiger partial charge in [0.2, 0.25) is 0 Å². The van der Waals surface area contributed by atoms with Crippen molar-refractivity contribution in [3.05, 3.63) is 53.2 Å². The number of methoxy groups -OCH3 is 1. The molecule has 0 saturated heterocycles. The van der Waals surface area contributed by atoms with Crippen molar-refractivity contribution in [1.29, 1.82) is 0 Å². The topological polar surface area (TPSA) is 122 Å². The highest BCUT2D eigenvalue weighted by Crippen LogP contribution is 2.37. The van der Waals surface area contributed by atoms with Crippen molar-refractivity contribution >= 4 is 28.9 Å². The van der Waals surface area contributed by atoms with Gasteiger partial charge in [0.15, 0.2) is 16.6 Å². The molecule has 0 bridgehead atoms. The number of nitrogens with zero attached hydrogens (tertiary/aromatic N) is 4. The Hall–Kier alpha value is -3.30. The van der Waals surface area contributed by atoms with E-state index < -0.39 is 18.5 Å². The van der Waals surface area contributed by atoms with Gasteiger partial charge in [-0.15, -0.1) is 10.2 Å². The van der Waals surface area contributed by atoms with Gasteiger partial charge in [-0.25, -0.2) is 0 Å². The first-order valence-electron chi connectivity index (χ1n) is 10.2. The fraction of sp³-hybridized carbons (Fsp3) is 0.250. The van der Waals surface area contributed by atoms with Crippen molar-refractivity contribution in [3.8, 4) is 17.0 Å². The van der Waals surface area contributed by atoms with E-state index in [0.29, 0.717) is 28.4 Å². The molecular weight excluding hydrogens is 408 g/mol. The molecule has 2 heterocycles. The molecular formula is C20H21ClN6O3. The number of hydrogen-bond donors (Lipinski definition) is 3. The summed E-state index contributed by atoms with van der Waals surface area (Å²) in [6.45, 7) is 0.506. The maximum Gasteiger partial charge on any atom is 0.273 e. The van der Waals surface area contributed by atoms with E-state index in [1.165, 1.54) is 25.6 Å². The fourth-order valence-electron chi connectivity index (χ4n) is 2.68. The van der Waals surface area contributed by atoms with Crippen LogP contribution in [-0.2, 0) is 5.60 Å². The summed E-state index contributed by atoms with van der Waals surface area (Å²) in [5.74, 6) is -0.581. The normalized spacial score (nSPS) is 13.0. The van der Waals surface area contributed by atoms with Crippen LogP contribution in [0.3, 0.4) is 0 Å². The Kier molecular flexibility index (Phi) is 5.03. The minimum atomic E-state index is -2.71. The molecule has 0 aliphatic carbocycles. The van der Waals surface area contributed by atoms with Gasteiger partial charge in [-0.1, -0.05) is 17.7 Å². The number of aromatic nitrogens is 4. The molecule has 0 unspecified atom stereocenters. The minimum absolute atomic E-state index is 0.00821. The van der Waals surface area contributed by atoms with E-state index >= 15 is 0 Å². The maximum absolute atomic E-state index is 12.4. The van der Waals surface area contributed by atoms with Crippen LogP contribution in [0.2, 0.25) is 5.15 Å². The molecule has 3 rings (SSSR count). The van der Waals surface area contributed by atoms with Crippen LogP contribution in [0.25, 0.3) is 11.3 Å². The number of nitrogens with one attached hydrogen (secondary N) is 2. The van der Waals surface area contributed by atoms with Crippen LogP contribution >= 0.6 is 11.6 Å². The first-order chi connectivity index (χ1) is 15.4. The van der Waals surface area contributed by atoms with Gasteiger partial charge >= 0.3 is 0 Å². The van der Waals surface area contributed by atoms with E-state index in [2.05, 4.69) is 25.5 Å². The summed E-state index contributed by atoms with van der Waals surface area (Å²) >= 11 is 5.95. The van der Waals surface area contributed by atoms with Crippen LogP contribution in [0.4, 0.5) is 11.4 Å². The second-order valence-electron chi connectivity index (χ2n) is 6.74. The van der Waals surface area contributed by atoms with E-state index in [4.69, 9.17) is 20.5 Å². The van der Waals surface area contributed by atoms with Gasteiger partial charge in [0.05, 0.1) is 42.3 Å². The zero-order valence-corrected chi connectivity index (χ0v) is 17.2.